The predicted octanol–water partition coefficient (Wildman–Crippen LogP) is 5.60. The van der Waals surface area contributed by atoms with Crippen LogP contribution in [0.5, 0.6) is 0 Å². The third-order valence-electron chi connectivity index (χ3n) is 6.80. The summed E-state index contributed by atoms with van der Waals surface area (Å²) in [5.74, 6) is -0.134. The summed E-state index contributed by atoms with van der Waals surface area (Å²) < 4.78 is 1.85. The number of anilines is 1. The molecule has 4 aromatic rings. The Balaban J connectivity index is 1.61. The average Bonchev–Trinajstić information content (AvgIpc) is 3.13. The first kappa shape index (κ1) is 24.8. The van der Waals surface area contributed by atoms with E-state index in [1.54, 1.807) is 4.90 Å². The molecule has 0 saturated carbocycles. The molecule has 6 nitrogen and oxygen atoms in total. The number of aromatic nitrogens is 2. The van der Waals surface area contributed by atoms with E-state index in [9.17, 15) is 9.59 Å². The summed E-state index contributed by atoms with van der Waals surface area (Å²) in [4.78, 5) is 29.3. The smallest absolute Gasteiger partial charge is 0.248 e. The Morgan fingerprint density at radius 1 is 0.946 bits per heavy atom. The number of nitrogens with zero attached hydrogens (tertiary/aromatic N) is 3. The third kappa shape index (κ3) is 4.91. The lowest BCUT2D eigenvalue weighted by molar-refractivity contribution is -0.126. The number of nitrogens with one attached hydrogen (secondary N) is 1. The molecule has 3 aromatic carbocycles. The second-order valence-electron chi connectivity index (χ2n) is 9.48. The zero-order valence-corrected chi connectivity index (χ0v) is 22.3. The molecule has 0 spiro atoms. The molecule has 0 bridgehead atoms. The summed E-state index contributed by atoms with van der Waals surface area (Å²) in [6.45, 7) is 8.38. The van der Waals surface area contributed by atoms with Crippen LogP contribution in [0.2, 0.25) is 0 Å². The lowest BCUT2D eigenvalue weighted by Gasteiger charge is -2.30. The van der Waals surface area contributed by atoms with E-state index in [1.165, 1.54) is 11.8 Å². The van der Waals surface area contributed by atoms with Gasteiger partial charge in [0.05, 0.1) is 17.1 Å². The van der Waals surface area contributed by atoms with Crippen LogP contribution in [0, 0.1) is 27.7 Å². The molecule has 2 amide bonds. The molecule has 1 atom stereocenters. The van der Waals surface area contributed by atoms with E-state index in [4.69, 9.17) is 5.10 Å². The van der Waals surface area contributed by atoms with Crippen molar-refractivity contribution in [3.63, 3.8) is 0 Å². The van der Waals surface area contributed by atoms with Gasteiger partial charge >= 0.3 is 0 Å². The number of para-hydroxylation sites is 1. The number of hydrogen-bond acceptors (Lipinski definition) is 4. The van der Waals surface area contributed by atoms with Crippen molar-refractivity contribution in [3.05, 3.63) is 106 Å². The number of fused-ring (bicyclic) bond motifs is 1. The van der Waals surface area contributed by atoms with Gasteiger partial charge in [0.2, 0.25) is 11.8 Å². The van der Waals surface area contributed by atoms with E-state index in [0.717, 1.165) is 44.2 Å². The Labute approximate surface area is 221 Å². The molecule has 7 heteroatoms. The quantitative estimate of drug-likeness (QED) is 0.379. The molecule has 1 N–H and O–H groups in total. The molecule has 1 aromatic heterocycles. The number of benzene rings is 3. The maximum atomic E-state index is 14.0. The minimum absolute atomic E-state index is 0.112. The molecular formula is C30H30N4O2S. The van der Waals surface area contributed by atoms with E-state index >= 15 is 0 Å². The Hall–Kier alpha value is -3.84. The zero-order chi connectivity index (χ0) is 26.1. The van der Waals surface area contributed by atoms with Gasteiger partial charge < -0.3 is 5.32 Å². The maximum absolute atomic E-state index is 14.0. The fraction of sp³-hybridized carbons (Fsp3) is 0.233. The van der Waals surface area contributed by atoms with Crippen LogP contribution >= 0.6 is 11.8 Å². The maximum Gasteiger partial charge on any atom is 0.248 e. The second-order valence-corrected chi connectivity index (χ2v) is 10.4. The molecule has 1 aliphatic heterocycles. The van der Waals surface area contributed by atoms with Crippen LogP contribution in [0.1, 0.15) is 39.6 Å². The largest absolute Gasteiger partial charge is 0.350 e. The molecule has 0 aliphatic carbocycles. The number of hydrogen-bond donors (Lipinski definition) is 1. The molecule has 0 radical (unpaired) electrons. The van der Waals surface area contributed by atoms with Crippen molar-refractivity contribution >= 4 is 29.3 Å². The summed E-state index contributed by atoms with van der Waals surface area (Å²) >= 11 is 1.43. The number of rotatable bonds is 5. The first-order chi connectivity index (χ1) is 17.8. The van der Waals surface area contributed by atoms with Crippen molar-refractivity contribution in [1.29, 1.82) is 0 Å². The minimum atomic E-state index is -0.845. The second kappa shape index (κ2) is 10.3. The van der Waals surface area contributed by atoms with Crippen molar-refractivity contribution in [1.82, 2.24) is 15.1 Å². The van der Waals surface area contributed by atoms with E-state index in [0.29, 0.717) is 12.2 Å². The first-order valence-corrected chi connectivity index (χ1v) is 13.3. The molecule has 0 fully saturated rings. The normalized spacial score (nSPS) is 15.3. The van der Waals surface area contributed by atoms with Gasteiger partial charge in [-0.25, -0.2) is 4.68 Å². The van der Waals surface area contributed by atoms with Crippen molar-refractivity contribution in [3.8, 4) is 5.69 Å². The van der Waals surface area contributed by atoms with Crippen LogP contribution in [0.4, 0.5) is 5.69 Å². The molecular weight excluding hydrogens is 480 g/mol. The number of thioether (sulfide) groups is 1. The Bertz CT molecular complexity index is 1460. The summed E-state index contributed by atoms with van der Waals surface area (Å²) in [7, 11) is 0. The molecule has 0 saturated heterocycles. The molecule has 1 aliphatic rings. The fourth-order valence-electron chi connectivity index (χ4n) is 4.60. The van der Waals surface area contributed by atoms with Gasteiger partial charge in [0.15, 0.2) is 0 Å². The minimum Gasteiger partial charge on any atom is -0.350 e. The van der Waals surface area contributed by atoms with Crippen molar-refractivity contribution in [2.24, 2.45) is 0 Å². The highest BCUT2D eigenvalue weighted by Gasteiger charge is 2.40. The van der Waals surface area contributed by atoms with E-state index in [2.05, 4.69) is 5.32 Å². The Kier molecular flexibility index (Phi) is 6.89. The van der Waals surface area contributed by atoms with Crippen LogP contribution in [-0.2, 0) is 16.1 Å². The summed E-state index contributed by atoms with van der Waals surface area (Å²) in [6, 6.07) is 23.0. The van der Waals surface area contributed by atoms with Crippen LogP contribution in [0.25, 0.3) is 5.69 Å². The highest BCUT2D eigenvalue weighted by atomic mass is 32.2. The summed E-state index contributed by atoms with van der Waals surface area (Å²) in [5.41, 5.74) is 7.46. The standard InChI is InChI=1S/C30H30N4O2S/c1-19-10-13-23(14-11-19)17-31-29(36)28-27-22(4)32-34(24-8-6-5-7-9-24)30(27)37-18-26(35)33(28)25-15-12-20(2)21(3)16-25/h5-16,28H,17-18H2,1-4H3,(H,31,36)/t28-/m0/s1. The van der Waals surface area contributed by atoms with Crippen LogP contribution in [-0.4, -0.2) is 27.3 Å². The van der Waals surface area contributed by atoms with Crippen molar-refractivity contribution in [2.75, 3.05) is 10.7 Å². The summed E-state index contributed by atoms with van der Waals surface area (Å²) in [6.07, 6.45) is 0. The monoisotopic (exact) mass is 510 g/mol. The van der Waals surface area contributed by atoms with Gasteiger partial charge in [-0.3, -0.25) is 14.5 Å². The Morgan fingerprint density at radius 2 is 1.68 bits per heavy atom. The van der Waals surface area contributed by atoms with Crippen LogP contribution in [0.3, 0.4) is 0 Å². The van der Waals surface area contributed by atoms with Gasteiger partial charge in [-0.15, -0.1) is 0 Å². The highest BCUT2D eigenvalue weighted by molar-refractivity contribution is 8.00. The van der Waals surface area contributed by atoms with Crippen LogP contribution in [0.15, 0.2) is 77.8 Å². The number of amides is 2. The number of carbonyl (C=O) groups is 2. The van der Waals surface area contributed by atoms with Gasteiger partial charge in [0.25, 0.3) is 0 Å². The van der Waals surface area contributed by atoms with Gasteiger partial charge in [-0.05, 0) is 68.7 Å². The topological polar surface area (TPSA) is 67.2 Å². The fourth-order valence-corrected chi connectivity index (χ4v) is 5.68. The van der Waals surface area contributed by atoms with Crippen LogP contribution < -0.4 is 10.2 Å². The molecule has 188 valence electrons. The highest BCUT2D eigenvalue weighted by Crippen LogP contribution is 2.41. The van der Waals surface area contributed by atoms with Gasteiger partial charge in [0, 0.05) is 17.8 Å². The SMILES string of the molecule is Cc1ccc(CNC(=O)[C@@H]2c3c(C)nn(-c4ccccc4)c3SCC(=O)N2c2ccc(C)c(C)c2)cc1. The Morgan fingerprint density at radius 3 is 2.38 bits per heavy atom. The van der Waals surface area contributed by atoms with Gasteiger partial charge in [0.1, 0.15) is 11.1 Å². The van der Waals surface area contributed by atoms with Gasteiger partial charge in [-0.1, -0.05) is 65.9 Å². The lowest BCUT2D eigenvalue weighted by atomic mass is 10.0. The average molecular weight is 511 g/mol. The molecule has 37 heavy (non-hydrogen) atoms. The van der Waals surface area contributed by atoms with Gasteiger partial charge in [-0.2, -0.15) is 5.10 Å². The molecule has 0 unspecified atom stereocenters. The van der Waals surface area contributed by atoms with Crippen molar-refractivity contribution < 1.29 is 9.59 Å². The number of aryl methyl sites for hydroxylation is 4. The van der Waals surface area contributed by atoms with E-state index in [1.807, 2.05) is 105 Å². The predicted molar refractivity (Wildman–Crippen MR) is 148 cm³/mol. The molecule has 5 rings (SSSR count). The van der Waals surface area contributed by atoms with Crippen molar-refractivity contribution in [2.45, 2.75) is 45.3 Å². The van der Waals surface area contributed by atoms with E-state index in [-0.39, 0.29) is 17.6 Å². The van der Waals surface area contributed by atoms with E-state index < -0.39 is 6.04 Å². The summed E-state index contributed by atoms with van der Waals surface area (Å²) in [5, 5.41) is 8.75. The first-order valence-electron chi connectivity index (χ1n) is 12.3. The number of carbonyl (C=O) groups excluding carboxylic acids is 2. The lowest BCUT2D eigenvalue weighted by Crippen LogP contribution is -2.44. The zero-order valence-electron chi connectivity index (χ0n) is 21.5. The third-order valence-corrected chi connectivity index (χ3v) is 7.86. The molecule has 2 heterocycles.